The molecule has 1 amide bonds. The van der Waals surface area contributed by atoms with E-state index in [4.69, 9.17) is 9.72 Å². The molecule has 0 saturated carbocycles. The second-order valence-corrected chi connectivity index (χ2v) is 8.21. The molecule has 4 rings (SSSR count). The number of aromatic nitrogens is 1. The summed E-state index contributed by atoms with van der Waals surface area (Å²) in [4.78, 5) is 32.3. The Morgan fingerprint density at radius 1 is 1.06 bits per heavy atom. The van der Waals surface area contributed by atoms with Crippen molar-refractivity contribution in [3.8, 4) is 11.3 Å². The maximum absolute atomic E-state index is 13.5. The third kappa shape index (κ3) is 4.31. The number of para-hydroxylation sites is 1. The van der Waals surface area contributed by atoms with Gasteiger partial charge in [-0.05, 0) is 51.3 Å². The first-order valence-corrected chi connectivity index (χ1v) is 10.9. The zero-order valence-electron chi connectivity index (χ0n) is 18.4. The second kappa shape index (κ2) is 8.88. The van der Waals surface area contributed by atoms with E-state index in [1.807, 2.05) is 42.2 Å². The number of esters is 1. The largest absolute Gasteiger partial charge is 0.466 e. The van der Waals surface area contributed by atoms with Gasteiger partial charge >= 0.3 is 5.97 Å². The van der Waals surface area contributed by atoms with Crippen LogP contribution in [0.2, 0.25) is 0 Å². The van der Waals surface area contributed by atoms with Crippen LogP contribution < -0.4 is 0 Å². The van der Waals surface area contributed by atoms with Crippen LogP contribution in [0.1, 0.15) is 41.3 Å². The predicted molar refractivity (Wildman–Crippen MR) is 122 cm³/mol. The normalized spacial score (nSPS) is 14.6. The average molecular weight is 417 g/mol. The van der Waals surface area contributed by atoms with Gasteiger partial charge in [-0.3, -0.25) is 9.59 Å². The molecule has 1 fully saturated rings. The lowest BCUT2D eigenvalue weighted by atomic mass is 9.95. The minimum absolute atomic E-state index is 0.00748. The highest BCUT2D eigenvalue weighted by Crippen LogP contribution is 2.29. The number of nitrogens with zero attached hydrogens (tertiary/aromatic N) is 2. The van der Waals surface area contributed by atoms with Crippen LogP contribution in [0.3, 0.4) is 0 Å². The standard InChI is InChI=1S/C26H28N2O3/c1-4-31-26(30)19-11-13-28(14-12-19)25(29)22-16-24(20-10-9-17(2)15-18(20)3)27-23-8-6-5-7-21(22)23/h5-10,15-16,19H,4,11-14H2,1-3H3. The molecule has 0 spiro atoms. The van der Waals surface area contributed by atoms with Gasteiger partial charge in [0.25, 0.3) is 5.91 Å². The van der Waals surface area contributed by atoms with Gasteiger partial charge in [0.15, 0.2) is 0 Å². The molecule has 0 radical (unpaired) electrons. The number of benzene rings is 2. The molecule has 5 nitrogen and oxygen atoms in total. The van der Waals surface area contributed by atoms with Crippen molar-refractivity contribution in [2.45, 2.75) is 33.6 Å². The van der Waals surface area contributed by atoms with Crippen LogP contribution in [0.15, 0.2) is 48.5 Å². The van der Waals surface area contributed by atoms with Gasteiger partial charge in [0, 0.05) is 24.0 Å². The highest BCUT2D eigenvalue weighted by Gasteiger charge is 2.29. The van der Waals surface area contributed by atoms with Crippen molar-refractivity contribution in [1.82, 2.24) is 9.88 Å². The van der Waals surface area contributed by atoms with Crippen LogP contribution in [-0.4, -0.2) is 41.5 Å². The van der Waals surface area contributed by atoms with E-state index >= 15 is 0 Å². The highest BCUT2D eigenvalue weighted by atomic mass is 16.5. The van der Waals surface area contributed by atoms with Crippen molar-refractivity contribution in [2.24, 2.45) is 5.92 Å². The maximum Gasteiger partial charge on any atom is 0.309 e. The number of likely N-dealkylation sites (tertiary alicyclic amines) is 1. The van der Waals surface area contributed by atoms with Gasteiger partial charge in [0.05, 0.1) is 29.3 Å². The van der Waals surface area contributed by atoms with Crippen molar-refractivity contribution < 1.29 is 14.3 Å². The molecule has 0 atom stereocenters. The lowest BCUT2D eigenvalue weighted by Crippen LogP contribution is -2.40. The van der Waals surface area contributed by atoms with Crippen molar-refractivity contribution in [3.05, 3.63) is 65.2 Å². The van der Waals surface area contributed by atoms with E-state index in [2.05, 4.69) is 32.0 Å². The van der Waals surface area contributed by atoms with Crippen molar-refractivity contribution >= 4 is 22.8 Å². The summed E-state index contributed by atoms with van der Waals surface area (Å²) in [5, 5.41) is 0.855. The third-order valence-electron chi connectivity index (χ3n) is 6.01. The monoisotopic (exact) mass is 416 g/mol. The fourth-order valence-corrected chi connectivity index (χ4v) is 4.34. The molecule has 3 aromatic rings. The number of rotatable bonds is 4. The van der Waals surface area contributed by atoms with Gasteiger partial charge in [0.1, 0.15) is 0 Å². The van der Waals surface area contributed by atoms with Gasteiger partial charge in [-0.1, -0.05) is 42.0 Å². The van der Waals surface area contributed by atoms with Gasteiger partial charge in [-0.2, -0.15) is 0 Å². The van der Waals surface area contributed by atoms with E-state index in [9.17, 15) is 9.59 Å². The van der Waals surface area contributed by atoms with E-state index < -0.39 is 0 Å². The first-order valence-electron chi connectivity index (χ1n) is 10.9. The van der Waals surface area contributed by atoms with Crippen LogP contribution in [0, 0.1) is 19.8 Å². The minimum Gasteiger partial charge on any atom is -0.466 e. The fraction of sp³-hybridized carbons (Fsp3) is 0.346. The van der Waals surface area contributed by atoms with Gasteiger partial charge < -0.3 is 9.64 Å². The van der Waals surface area contributed by atoms with Crippen LogP contribution >= 0.6 is 0 Å². The van der Waals surface area contributed by atoms with Gasteiger partial charge in [-0.15, -0.1) is 0 Å². The van der Waals surface area contributed by atoms with Crippen LogP contribution in [0.25, 0.3) is 22.2 Å². The second-order valence-electron chi connectivity index (χ2n) is 8.21. The van der Waals surface area contributed by atoms with Crippen LogP contribution in [0.5, 0.6) is 0 Å². The summed E-state index contributed by atoms with van der Waals surface area (Å²) in [5.41, 5.74) is 5.64. The summed E-state index contributed by atoms with van der Waals surface area (Å²) in [6.07, 6.45) is 1.27. The SMILES string of the molecule is CCOC(=O)C1CCN(C(=O)c2cc(-c3ccc(C)cc3C)nc3ccccc23)CC1. The third-order valence-corrected chi connectivity index (χ3v) is 6.01. The molecule has 1 saturated heterocycles. The number of carbonyl (C=O) groups excluding carboxylic acids is 2. The van der Waals surface area contributed by atoms with E-state index in [-0.39, 0.29) is 17.8 Å². The molecule has 0 bridgehead atoms. The van der Waals surface area contributed by atoms with E-state index in [0.717, 1.165) is 27.7 Å². The van der Waals surface area contributed by atoms with Crippen LogP contribution in [0.4, 0.5) is 0 Å². The maximum atomic E-state index is 13.5. The summed E-state index contributed by atoms with van der Waals surface area (Å²) in [7, 11) is 0. The van der Waals surface area contributed by atoms with Crippen LogP contribution in [-0.2, 0) is 9.53 Å². The molecule has 1 aromatic heterocycles. The molecular formula is C26H28N2O3. The first kappa shape index (κ1) is 21.0. The van der Waals surface area contributed by atoms with Gasteiger partial charge in [0.2, 0.25) is 0 Å². The summed E-state index contributed by atoms with van der Waals surface area (Å²) in [6.45, 7) is 7.46. The Bertz CT molecular complexity index is 1130. The number of carbonyl (C=O) groups is 2. The quantitative estimate of drug-likeness (QED) is 0.566. The number of fused-ring (bicyclic) bond motifs is 1. The minimum atomic E-state index is -0.152. The summed E-state index contributed by atoms with van der Waals surface area (Å²) >= 11 is 0. The zero-order valence-corrected chi connectivity index (χ0v) is 18.4. The fourth-order valence-electron chi connectivity index (χ4n) is 4.34. The molecule has 5 heteroatoms. The molecule has 2 heterocycles. The molecule has 1 aliphatic rings. The number of piperidine rings is 1. The smallest absolute Gasteiger partial charge is 0.309 e. The Labute approximate surface area is 183 Å². The molecule has 0 unspecified atom stereocenters. The van der Waals surface area contributed by atoms with E-state index in [1.165, 1.54) is 5.56 Å². The molecule has 0 aliphatic carbocycles. The number of hydrogen-bond donors (Lipinski definition) is 0. The topological polar surface area (TPSA) is 59.5 Å². The summed E-state index contributed by atoms with van der Waals surface area (Å²) in [5.74, 6) is -0.281. The Morgan fingerprint density at radius 2 is 1.81 bits per heavy atom. The van der Waals surface area contributed by atoms with E-state index in [0.29, 0.717) is 38.1 Å². The lowest BCUT2D eigenvalue weighted by Gasteiger charge is -2.31. The predicted octanol–water partition coefficient (Wildman–Crippen LogP) is 4.93. The van der Waals surface area contributed by atoms with Crippen molar-refractivity contribution in [1.29, 1.82) is 0 Å². The zero-order chi connectivity index (χ0) is 22.0. The Kier molecular flexibility index (Phi) is 6.03. The number of hydrogen-bond acceptors (Lipinski definition) is 4. The molecule has 1 aliphatic heterocycles. The van der Waals surface area contributed by atoms with Gasteiger partial charge in [-0.25, -0.2) is 4.98 Å². The van der Waals surface area contributed by atoms with Crippen molar-refractivity contribution in [2.75, 3.05) is 19.7 Å². The molecular weight excluding hydrogens is 388 g/mol. The lowest BCUT2D eigenvalue weighted by molar-refractivity contribution is -0.149. The summed E-state index contributed by atoms with van der Waals surface area (Å²) < 4.78 is 5.15. The van der Waals surface area contributed by atoms with Crippen molar-refractivity contribution in [3.63, 3.8) is 0 Å². The number of aryl methyl sites for hydroxylation is 2. The Balaban J connectivity index is 1.67. The average Bonchev–Trinajstić information content (AvgIpc) is 2.78. The van der Waals surface area contributed by atoms with E-state index in [1.54, 1.807) is 0 Å². The Hall–Kier alpha value is -3.21. The first-order chi connectivity index (χ1) is 15.0. The number of ether oxygens (including phenoxy) is 1. The summed E-state index contributed by atoms with van der Waals surface area (Å²) in [6, 6.07) is 16.0. The number of pyridine rings is 1. The molecule has 0 N–H and O–H groups in total. The highest BCUT2D eigenvalue weighted by molar-refractivity contribution is 6.07. The molecule has 160 valence electrons. The molecule has 2 aromatic carbocycles. The molecule has 31 heavy (non-hydrogen) atoms. The number of amides is 1. The Morgan fingerprint density at radius 3 is 2.52 bits per heavy atom.